The fourth-order valence-electron chi connectivity index (χ4n) is 2.69. The smallest absolute Gasteiger partial charge is 0.0164 e. The van der Waals surface area contributed by atoms with E-state index >= 15 is 0 Å². The van der Waals surface area contributed by atoms with Gasteiger partial charge in [-0.25, -0.2) is 0 Å². The molecular weight excluding hydrogens is 182 g/mol. The summed E-state index contributed by atoms with van der Waals surface area (Å²) in [5, 5.41) is 3.59. The first-order valence-corrected chi connectivity index (χ1v) is 6.64. The van der Waals surface area contributed by atoms with Crippen LogP contribution in [0, 0.1) is 11.8 Å². The van der Waals surface area contributed by atoms with Gasteiger partial charge in [0.05, 0.1) is 0 Å². The van der Waals surface area contributed by atoms with Crippen molar-refractivity contribution in [2.24, 2.45) is 11.8 Å². The second kappa shape index (κ2) is 5.16. The lowest BCUT2D eigenvalue weighted by molar-refractivity contribution is 0.324. The average molecular weight is 207 g/mol. The van der Waals surface area contributed by atoms with Gasteiger partial charge >= 0.3 is 0 Å². The van der Waals surface area contributed by atoms with Crippen LogP contribution in [0.2, 0.25) is 0 Å². The molecule has 0 aromatic heterocycles. The van der Waals surface area contributed by atoms with Gasteiger partial charge in [0.15, 0.2) is 0 Å². The third-order valence-electron chi connectivity index (χ3n) is 3.74. The van der Waals surface area contributed by atoms with E-state index in [4.69, 9.17) is 0 Å². The maximum Gasteiger partial charge on any atom is 0.0164 e. The Balaban J connectivity index is 1.73. The van der Waals surface area contributed by atoms with Crippen LogP contribution in [-0.4, -0.2) is 12.6 Å². The van der Waals surface area contributed by atoms with Crippen LogP contribution in [0.5, 0.6) is 0 Å². The third kappa shape index (κ3) is 3.98. The standard InChI is InChI=1S/C14H25N/c1-11-4-3-5-13(8-11)9-12(2)10-15-14-6-7-14/h9,11,13-15H,3-8,10H2,1-2H3. The van der Waals surface area contributed by atoms with Crippen molar-refractivity contribution >= 4 is 0 Å². The summed E-state index contributed by atoms with van der Waals surface area (Å²) in [5.41, 5.74) is 1.56. The third-order valence-corrected chi connectivity index (χ3v) is 3.74. The van der Waals surface area contributed by atoms with Crippen LogP contribution in [0.25, 0.3) is 0 Å². The zero-order chi connectivity index (χ0) is 10.7. The molecule has 2 aliphatic carbocycles. The Morgan fingerprint density at radius 2 is 2.07 bits per heavy atom. The Hall–Kier alpha value is -0.300. The van der Waals surface area contributed by atoms with Gasteiger partial charge < -0.3 is 5.32 Å². The van der Waals surface area contributed by atoms with Crippen molar-refractivity contribution in [2.45, 2.75) is 58.4 Å². The predicted octanol–water partition coefficient (Wildman–Crippen LogP) is 3.51. The average Bonchev–Trinajstić information content (AvgIpc) is 2.98. The lowest BCUT2D eigenvalue weighted by Crippen LogP contribution is -2.19. The summed E-state index contributed by atoms with van der Waals surface area (Å²) in [6, 6.07) is 0.846. The topological polar surface area (TPSA) is 12.0 Å². The largest absolute Gasteiger partial charge is 0.310 e. The summed E-state index contributed by atoms with van der Waals surface area (Å²) in [7, 11) is 0. The van der Waals surface area contributed by atoms with Gasteiger partial charge in [-0.05, 0) is 44.4 Å². The van der Waals surface area contributed by atoms with E-state index in [2.05, 4.69) is 25.2 Å². The Labute approximate surface area is 94.3 Å². The molecule has 15 heavy (non-hydrogen) atoms. The van der Waals surface area contributed by atoms with E-state index in [-0.39, 0.29) is 0 Å². The lowest BCUT2D eigenvalue weighted by Gasteiger charge is -2.24. The van der Waals surface area contributed by atoms with E-state index in [1.165, 1.54) is 38.5 Å². The molecule has 1 N–H and O–H groups in total. The number of nitrogens with one attached hydrogen (secondary N) is 1. The molecule has 86 valence electrons. The molecule has 2 fully saturated rings. The SMILES string of the molecule is CC(=CC1CCCC(C)C1)CNC1CC1. The maximum atomic E-state index is 3.59. The Bertz CT molecular complexity index is 227. The van der Waals surface area contributed by atoms with Gasteiger partial charge in [0.2, 0.25) is 0 Å². The highest BCUT2D eigenvalue weighted by Crippen LogP contribution is 2.30. The van der Waals surface area contributed by atoms with Crippen LogP contribution >= 0.6 is 0 Å². The van der Waals surface area contributed by atoms with Gasteiger partial charge in [-0.15, -0.1) is 0 Å². The van der Waals surface area contributed by atoms with Crippen molar-refractivity contribution in [1.29, 1.82) is 0 Å². The Kier molecular flexibility index (Phi) is 3.85. The highest BCUT2D eigenvalue weighted by atomic mass is 14.9. The van der Waals surface area contributed by atoms with E-state index in [0.717, 1.165) is 24.4 Å². The maximum absolute atomic E-state index is 3.59. The number of hydrogen-bond donors (Lipinski definition) is 1. The Morgan fingerprint density at radius 1 is 1.27 bits per heavy atom. The fraction of sp³-hybridized carbons (Fsp3) is 0.857. The van der Waals surface area contributed by atoms with Crippen LogP contribution in [0.3, 0.4) is 0 Å². The molecule has 0 heterocycles. The molecule has 2 rings (SSSR count). The fourth-order valence-corrected chi connectivity index (χ4v) is 2.69. The summed E-state index contributed by atoms with van der Waals surface area (Å²) in [6.07, 6.45) is 11.0. The van der Waals surface area contributed by atoms with Crippen molar-refractivity contribution in [3.05, 3.63) is 11.6 Å². The summed E-state index contributed by atoms with van der Waals surface area (Å²) in [4.78, 5) is 0. The quantitative estimate of drug-likeness (QED) is 0.696. The molecule has 0 aliphatic heterocycles. The van der Waals surface area contributed by atoms with Crippen LogP contribution in [0.4, 0.5) is 0 Å². The summed E-state index contributed by atoms with van der Waals surface area (Å²) < 4.78 is 0. The second-order valence-electron chi connectivity index (χ2n) is 5.70. The lowest BCUT2D eigenvalue weighted by atomic mass is 9.82. The molecule has 0 aromatic rings. The Morgan fingerprint density at radius 3 is 2.73 bits per heavy atom. The second-order valence-corrected chi connectivity index (χ2v) is 5.70. The van der Waals surface area contributed by atoms with Gasteiger partial charge in [-0.1, -0.05) is 31.4 Å². The minimum atomic E-state index is 0.846. The molecule has 2 atom stereocenters. The van der Waals surface area contributed by atoms with Crippen molar-refractivity contribution in [2.75, 3.05) is 6.54 Å². The van der Waals surface area contributed by atoms with Gasteiger partial charge in [0.25, 0.3) is 0 Å². The molecule has 0 bridgehead atoms. The van der Waals surface area contributed by atoms with Crippen molar-refractivity contribution in [3.63, 3.8) is 0 Å². The first kappa shape index (κ1) is 11.2. The van der Waals surface area contributed by atoms with E-state index < -0.39 is 0 Å². The van der Waals surface area contributed by atoms with Crippen molar-refractivity contribution < 1.29 is 0 Å². The minimum absolute atomic E-state index is 0.846. The van der Waals surface area contributed by atoms with Gasteiger partial charge in [-0.3, -0.25) is 0 Å². The van der Waals surface area contributed by atoms with Crippen LogP contribution < -0.4 is 5.32 Å². The molecule has 1 heteroatoms. The van der Waals surface area contributed by atoms with E-state index in [1.807, 2.05) is 0 Å². The molecular formula is C14H25N. The molecule has 2 saturated carbocycles. The van der Waals surface area contributed by atoms with Crippen molar-refractivity contribution in [1.82, 2.24) is 5.32 Å². The van der Waals surface area contributed by atoms with Gasteiger partial charge in [0.1, 0.15) is 0 Å². The number of hydrogen-bond acceptors (Lipinski definition) is 1. The number of rotatable bonds is 4. The summed E-state index contributed by atoms with van der Waals surface area (Å²) in [6.45, 7) is 5.81. The first-order valence-electron chi connectivity index (χ1n) is 6.64. The molecule has 2 aliphatic rings. The highest BCUT2D eigenvalue weighted by Gasteiger charge is 2.20. The molecule has 0 spiro atoms. The van der Waals surface area contributed by atoms with E-state index in [9.17, 15) is 0 Å². The van der Waals surface area contributed by atoms with Crippen LogP contribution in [0.15, 0.2) is 11.6 Å². The normalized spacial score (nSPS) is 33.1. The molecule has 0 saturated heterocycles. The monoisotopic (exact) mass is 207 g/mol. The van der Waals surface area contributed by atoms with Crippen LogP contribution in [0.1, 0.15) is 52.4 Å². The first-order chi connectivity index (χ1) is 7.24. The molecule has 0 aromatic carbocycles. The van der Waals surface area contributed by atoms with Gasteiger partial charge in [0, 0.05) is 12.6 Å². The summed E-state index contributed by atoms with van der Waals surface area (Å²) in [5.74, 6) is 1.82. The summed E-state index contributed by atoms with van der Waals surface area (Å²) >= 11 is 0. The minimum Gasteiger partial charge on any atom is -0.310 e. The molecule has 0 radical (unpaired) electrons. The van der Waals surface area contributed by atoms with Crippen molar-refractivity contribution in [3.8, 4) is 0 Å². The predicted molar refractivity (Wildman–Crippen MR) is 65.9 cm³/mol. The molecule has 0 amide bonds. The zero-order valence-corrected chi connectivity index (χ0v) is 10.3. The highest BCUT2D eigenvalue weighted by molar-refractivity contribution is 5.05. The number of allylic oxidation sites excluding steroid dienone is 1. The van der Waals surface area contributed by atoms with E-state index in [0.29, 0.717) is 0 Å². The van der Waals surface area contributed by atoms with Gasteiger partial charge in [-0.2, -0.15) is 0 Å². The zero-order valence-electron chi connectivity index (χ0n) is 10.3. The van der Waals surface area contributed by atoms with E-state index in [1.54, 1.807) is 5.57 Å². The van der Waals surface area contributed by atoms with Crippen LogP contribution in [-0.2, 0) is 0 Å². The molecule has 2 unspecified atom stereocenters. The molecule has 1 nitrogen and oxygen atoms in total.